The summed E-state index contributed by atoms with van der Waals surface area (Å²) in [5.74, 6) is -0.0451. The molecule has 0 saturated heterocycles. The smallest absolute Gasteiger partial charge is 0.293 e. The molecule has 6 heteroatoms. The molecule has 1 heterocycles. The molecule has 0 N–H and O–H groups in total. The predicted molar refractivity (Wildman–Crippen MR) is 79.0 cm³/mol. The van der Waals surface area contributed by atoms with Gasteiger partial charge in [-0.15, -0.1) is 11.3 Å². The first-order chi connectivity index (χ1) is 9.82. The molecule has 1 aromatic carbocycles. The number of ketones is 1. The van der Waals surface area contributed by atoms with Crippen LogP contribution in [-0.4, -0.2) is 5.78 Å². The quantitative estimate of drug-likeness (QED) is 0.621. The van der Waals surface area contributed by atoms with Crippen molar-refractivity contribution in [2.75, 3.05) is 0 Å². The molecule has 112 valence electrons. The minimum atomic E-state index is -4.49. The van der Waals surface area contributed by atoms with E-state index in [1.54, 1.807) is 12.1 Å². The molecule has 0 atom stereocenters. The molecule has 0 saturated carbocycles. The van der Waals surface area contributed by atoms with Crippen LogP contribution in [0.15, 0.2) is 30.3 Å². The van der Waals surface area contributed by atoms with E-state index in [-0.39, 0.29) is 16.4 Å². The van der Waals surface area contributed by atoms with Gasteiger partial charge < -0.3 is 0 Å². The van der Waals surface area contributed by atoms with E-state index in [2.05, 4.69) is 0 Å². The SMILES string of the molecule is CCCC(=O)c1ccc(-c2ccc(Cl)cc2C(F)(F)F)s1. The minimum Gasteiger partial charge on any atom is -0.293 e. The summed E-state index contributed by atoms with van der Waals surface area (Å²) in [5, 5.41) is 0.0323. The Hall–Kier alpha value is -1.33. The Morgan fingerprint density at radius 2 is 1.95 bits per heavy atom. The monoisotopic (exact) mass is 332 g/mol. The van der Waals surface area contributed by atoms with E-state index in [0.29, 0.717) is 22.6 Å². The molecule has 2 rings (SSSR count). The van der Waals surface area contributed by atoms with Crippen LogP contribution in [0.25, 0.3) is 10.4 Å². The number of hydrogen-bond donors (Lipinski definition) is 0. The second kappa shape index (κ2) is 6.20. The van der Waals surface area contributed by atoms with Gasteiger partial charge in [0.25, 0.3) is 0 Å². The molecule has 21 heavy (non-hydrogen) atoms. The van der Waals surface area contributed by atoms with Crippen LogP contribution in [-0.2, 0) is 6.18 Å². The van der Waals surface area contributed by atoms with Crippen LogP contribution in [0, 0.1) is 0 Å². The first kappa shape index (κ1) is 16.0. The van der Waals surface area contributed by atoms with Crippen molar-refractivity contribution in [1.29, 1.82) is 0 Å². The van der Waals surface area contributed by atoms with E-state index in [1.165, 1.54) is 12.1 Å². The van der Waals surface area contributed by atoms with Gasteiger partial charge in [0.15, 0.2) is 5.78 Å². The second-order valence-electron chi connectivity index (χ2n) is 4.52. The van der Waals surface area contributed by atoms with Gasteiger partial charge in [0.1, 0.15) is 0 Å². The summed E-state index contributed by atoms with van der Waals surface area (Å²) in [6.45, 7) is 1.88. The highest BCUT2D eigenvalue weighted by atomic mass is 35.5. The maximum absolute atomic E-state index is 13.1. The fraction of sp³-hybridized carbons (Fsp3) is 0.267. The zero-order valence-corrected chi connectivity index (χ0v) is 12.7. The van der Waals surface area contributed by atoms with Gasteiger partial charge in [-0.2, -0.15) is 13.2 Å². The number of benzene rings is 1. The Labute approximate surface area is 129 Å². The molecule has 0 amide bonds. The highest BCUT2D eigenvalue weighted by molar-refractivity contribution is 7.17. The number of carbonyl (C=O) groups is 1. The molecule has 1 nitrogen and oxygen atoms in total. The first-order valence-corrected chi connectivity index (χ1v) is 7.52. The van der Waals surface area contributed by atoms with Gasteiger partial charge in [-0.3, -0.25) is 4.79 Å². The lowest BCUT2D eigenvalue weighted by molar-refractivity contribution is -0.137. The van der Waals surface area contributed by atoms with E-state index < -0.39 is 11.7 Å². The molecular weight excluding hydrogens is 321 g/mol. The third-order valence-corrected chi connectivity index (χ3v) is 4.31. The molecule has 0 fully saturated rings. The summed E-state index contributed by atoms with van der Waals surface area (Å²) in [7, 11) is 0. The van der Waals surface area contributed by atoms with E-state index in [4.69, 9.17) is 11.6 Å². The average Bonchev–Trinajstić information content (AvgIpc) is 2.87. The predicted octanol–water partition coefficient (Wildman–Crippen LogP) is 6.07. The van der Waals surface area contributed by atoms with Crippen molar-refractivity contribution in [3.05, 3.63) is 45.8 Å². The standard InChI is InChI=1S/C15H12ClF3OS/c1-2-3-12(20)14-7-6-13(21-14)10-5-4-9(16)8-11(10)15(17,18)19/h4-8H,2-3H2,1H3. The second-order valence-corrected chi connectivity index (χ2v) is 6.04. The van der Waals surface area contributed by atoms with Gasteiger partial charge in [-0.1, -0.05) is 24.6 Å². The number of hydrogen-bond acceptors (Lipinski definition) is 2. The van der Waals surface area contributed by atoms with Gasteiger partial charge in [0.2, 0.25) is 0 Å². The number of carbonyl (C=O) groups excluding carboxylic acids is 1. The lowest BCUT2D eigenvalue weighted by Gasteiger charge is -2.12. The van der Waals surface area contributed by atoms with Crippen LogP contribution in [0.4, 0.5) is 13.2 Å². The fourth-order valence-corrected chi connectivity index (χ4v) is 3.13. The molecule has 0 radical (unpaired) electrons. The number of thiophene rings is 1. The van der Waals surface area contributed by atoms with E-state index in [0.717, 1.165) is 17.4 Å². The Bertz CT molecular complexity index is 661. The Kier molecular flexibility index (Phi) is 4.74. The van der Waals surface area contributed by atoms with Crippen LogP contribution in [0.5, 0.6) is 0 Å². The van der Waals surface area contributed by atoms with Gasteiger partial charge in [0.05, 0.1) is 10.4 Å². The summed E-state index contributed by atoms with van der Waals surface area (Å²) < 4.78 is 39.2. The van der Waals surface area contributed by atoms with Crippen LogP contribution < -0.4 is 0 Å². The first-order valence-electron chi connectivity index (χ1n) is 6.33. The molecule has 0 aliphatic rings. The topological polar surface area (TPSA) is 17.1 Å². The maximum atomic E-state index is 13.1. The number of halogens is 4. The summed E-state index contributed by atoms with van der Waals surface area (Å²) >= 11 is 6.73. The zero-order chi connectivity index (χ0) is 15.6. The lowest BCUT2D eigenvalue weighted by atomic mass is 10.1. The van der Waals surface area contributed by atoms with Crippen LogP contribution in [0.2, 0.25) is 5.02 Å². The number of alkyl halides is 3. The van der Waals surface area contributed by atoms with E-state index in [9.17, 15) is 18.0 Å². The highest BCUT2D eigenvalue weighted by Crippen LogP contribution is 2.40. The number of Topliss-reactive ketones (excluding diaryl/α,β-unsaturated/α-hetero) is 1. The minimum absolute atomic E-state index is 0.0323. The molecule has 0 aliphatic carbocycles. The van der Waals surface area contributed by atoms with Crippen LogP contribution in [0.3, 0.4) is 0 Å². The largest absolute Gasteiger partial charge is 0.417 e. The average molecular weight is 333 g/mol. The van der Waals surface area contributed by atoms with Gasteiger partial charge in [-0.05, 0) is 30.7 Å². The highest BCUT2D eigenvalue weighted by Gasteiger charge is 2.34. The summed E-state index contributed by atoms with van der Waals surface area (Å²) in [5.41, 5.74) is -0.737. The van der Waals surface area contributed by atoms with E-state index >= 15 is 0 Å². The molecule has 0 bridgehead atoms. The van der Waals surface area contributed by atoms with E-state index in [1.807, 2.05) is 6.92 Å². The van der Waals surface area contributed by atoms with Crippen molar-refractivity contribution in [3.8, 4) is 10.4 Å². The van der Waals surface area contributed by atoms with Crippen molar-refractivity contribution >= 4 is 28.7 Å². The zero-order valence-electron chi connectivity index (χ0n) is 11.1. The third-order valence-electron chi connectivity index (χ3n) is 2.91. The lowest BCUT2D eigenvalue weighted by Crippen LogP contribution is -2.06. The molecule has 1 aromatic heterocycles. The van der Waals surface area contributed by atoms with Gasteiger partial charge in [0, 0.05) is 21.9 Å². The Morgan fingerprint density at radius 3 is 2.57 bits per heavy atom. The van der Waals surface area contributed by atoms with Crippen LogP contribution >= 0.6 is 22.9 Å². The van der Waals surface area contributed by atoms with Crippen molar-refractivity contribution in [2.45, 2.75) is 25.9 Å². The van der Waals surface area contributed by atoms with Gasteiger partial charge in [-0.25, -0.2) is 0 Å². The summed E-state index contributed by atoms with van der Waals surface area (Å²) in [6.07, 6.45) is -3.38. The molecule has 2 aromatic rings. The normalized spacial score (nSPS) is 11.7. The molecular formula is C15H12ClF3OS. The van der Waals surface area contributed by atoms with Crippen molar-refractivity contribution < 1.29 is 18.0 Å². The van der Waals surface area contributed by atoms with Crippen molar-refractivity contribution in [3.63, 3.8) is 0 Å². The summed E-state index contributed by atoms with van der Waals surface area (Å²) in [4.78, 5) is 12.7. The number of rotatable bonds is 4. The molecule has 0 spiro atoms. The molecule has 0 aliphatic heterocycles. The van der Waals surface area contributed by atoms with Crippen molar-refractivity contribution in [2.24, 2.45) is 0 Å². The summed E-state index contributed by atoms with van der Waals surface area (Å²) in [6, 6.07) is 6.79. The Morgan fingerprint density at radius 1 is 1.24 bits per heavy atom. The third kappa shape index (κ3) is 3.66. The van der Waals surface area contributed by atoms with Gasteiger partial charge >= 0.3 is 6.18 Å². The van der Waals surface area contributed by atoms with Crippen LogP contribution in [0.1, 0.15) is 35.0 Å². The fourth-order valence-electron chi connectivity index (χ4n) is 1.95. The Balaban J connectivity index is 2.46. The maximum Gasteiger partial charge on any atom is 0.417 e. The molecule has 0 unspecified atom stereocenters. The van der Waals surface area contributed by atoms with Crippen molar-refractivity contribution in [1.82, 2.24) is 0 Å².